The molecule has 0 saturated heterocycles. The molecule has 1 amide bonds. The number of amides is 1. The summed E-state index contributed by atoms with van der Waals surface area (Å²) < 4.78 is 10.9. The van der Waals surface area contributed by atoms with E-state index in [1.807, 2.05) is 6.07 Å². The maximum absolute atomic E-state index is 11.9. The molecule has 0 fully saturated rings. The normalized spacial score (nSPS) is 17.4. The van der Waals surface area contributed by atoms with Crippen molar-refractivity contribution in [2.45, 2.75) is 25.2 Å². The molecule has 4 rings (SSSR count). The first-order valence-corrected chi connectivity index (χ1v) is 11.6. The molecule has 1 atom stereocenters. The Balaban J connectivity index is 1.67. The summed E-state index contributed by atoms with van der Waals surface area (Å²) in [5.41, 5.74) is 5.64. The lowest BCUT2D eigenvalue weighted by Crippen LogP contribution is -2.16. The average molecular weight is 506 g/mol. The van der Waals surface area contributed by atoms with E-state index in [1.54, 1.807) is 32.4 Å². The van der Waals surface area contributed by atoms with Crippen LogP contribution in [0.2, 0.25) is 15.1 Å². The largest absolute Gasteiger partial charge is 0.495 e. The third-order valence-electron chi connectivity index (χ3n) is 6.07. The van der Waals surface area contributed by atoms with Gasteiger partial charge in [0.25, 0.3) is 0 Å². The Kier molecular flexibility index (Phi) is 7.03. The van der Waals surface area contributed by atoms with E-state index in [4.69, 9.17) is 49.3 Å². The highest BCUT2D eigenvalue weighted by Gasteiger charge is 2.33. The number of allylic oxidation sites excluding steroid dienone is 1. The number of carbonyl (C=O) groups excluding carboxylic acids is 1. The van der Waals surface area contributed by atoms with Gasteiger partial charge in [0.2, 0.25) is 5.91 Å². The van der Waals surface area contributed by atoms with Crippen LogP contribution in [0.5, 0.6) is 11.5 Å². The van der Waals surface area contributed by atoms with E-state index < -0.39 is 0 Å². The number of halogens is 3. The van der Waals surface area contributed by atoms with Gasteiger partial charge < -0.3 is 14.8 Å². The number of benzene rings is 2. The van der Waals surface area contributed by atoms with E-state index in [0.29, 0.717) is 38.8 Å². The van der Waals surface area contributed by atoms with Crippen LogP contribution in [0, 0.1) is 0 Å². The molecule has 33 heavy (non-hydrogen) atoms. The number of anilines is 1. The van der Waals surface area contributed by atoms with Gasteiger partial charge in [0.05, 0.1) is 42.2 Å². The van der Waals surface area contributed by atoms with Crippen LogP contribution in [-0.4, -0.2) is 32.4 Å². The number of aliphatic imine (C=N–C) groups is 1. The number of hydrogen-bond acceptors (Lipinski definition) is 4. The third-order valence-corrected chi connectivity index (χ3v) is 7.09. The second-order valence-electron chi connectivity index (χ2n) is 7.89. The van der Waals surface area contributed by atoms with E-state index in [1.165, 1.54) is 17.2 Å². The van der Waals surface area contributed by atoms with Gasteiger partial charge in [-0.15, -0.1) is 0 Å². The van der Waals surface area contributed by atoms with E-state index in [9.17, 15) is 4.79 Å². The van der Waals surface area contributed by atoms with Crippen LogP contribution in [0.4, 0.5) is 5.69 Å². The zero-order chi connectivity index (χ0) is 23.7. The van der Waals surface area contributed by atoms with Crippen LogP contribution in [-0.2, 0) is 4.79 Å². The summed E-state index contributed by atoms with van der Waals surface area (Å²) >= 11 is 19.5. The lowest BCUT2D eigenvalue weighted by molar-refractivity contribution is -0.111. The van der Waals surface area contributed by atoms with Crippen LogP contribution in [0.15, 0.2) is 53.1 Å². The van der Waals surface area contributed by atoms with Gasteiger partial charge in [-0.1, -0.05) is 41.4 Å². The smallest absolute Gasteiger partial charge is 0.247 e. The van der Waals surface area contributed by atoms with Gasteiger partial charge in [-0.05, 0) is 60.6 Å². The van der Waals surface area contributed by atoms with Crippen molar-refractivity contribution in [2.75, 3.05) is 26.1 Å². The Labute approximate surface area is 208 Å². The van der Waals surface area contributed by atoms with Crippen LogP contribution in [0.1, 0.15) is 36.3 Å². The number of rotatable bonds is 6. The lowest BCUT2D eigenvalue weighted by Gasteiger charge is -2.27. The number of nitrogens with one attached hydrogen (secondary N) is 1. The molecule has 1 unspecified atom stereocenters. The average Bonchev–Trinajstić information content (AvgIpc) is 3.22. The number of nitrogens with zero attached hydrogens (tertiary/aromatic N) is 1. The molecular formula is C25H23Cl3N2O3. The Bertz CT molecular complexity index is 1180. The van der Waals surface area contributed by atoms with Gasteiger partial charge in [-0.2, -0.15) is 0 Å². The highest BCUT2D eigenvalue weighted by molar-refractivity contribution is 6.38. The molecule has 2 aliphatic rings. The molecule has 5 nitrogen and oxygen atoms in total. The highest BCUT2D eigenvalue weighted by Crippen LogP contribution is 2.49. The summed E-state index contributed by atoms with van der Waals surface area (Å²) in [4.78, 5) is 16.8. The minimum absolute atomic E-state index is 0.118. The third kappa shape index (κ3) is 4.50. The molecule has 0 spiro atoms. The summed E-state index contributed by atoms with van der Waals surface area (Å²) in [6.45, 7) is 4.12. The molecular weight excluding hydrogens is 483 g/mol. The standard InChI is InChI=1S/C25H23Cl3N2O3/c1-4-21(31)30-18-10-15(26)6-8-17(18)25-16-7-5-13(9-14(16)12-29-25)22-23(27)19(32-2)11-20(33-3)24(22)28/h4,6,8,10-11,13H,1,5,7,9,12H2,2-3H3,(H,30,31). The highest BCUT2D eigenvalue weighted by atomic mass is 35.5. The van der Waals surface area contributed by atoms with E-state index >= 15 is 0 Å². The Hall–Kier alpha value is -2.47. The van der Waals surface area contributed by atoms with Gasteiger partial charge in [0.1, 0.15) is 11.5 Å². The second kappa shape index (κ2) is 9.80. The molecule has 1 aliphatic carbocycles. The Morgan fingerprint density at radius 1 is 1.15 bits per heavy atom. The molecule has 8 heteroatoms. The van der Waals surface area contributed by atoms with Crippen molar-refractivity contribution in [1.82, 2.24) is 0 Å². The summed E-state index contributed by atoms with van der Waals surface area (Å²) in [5.74, 6) is 0.901. The molecule has 0 aromatic heterocycles. The van der Waals surface area contributed by atoms with Crippen molar-refractivity contribution in [1.29, 1.82) is 0 Å². The number of methoxy groups -OCH3 is 2. The molecule has 0 radical (unpaired) electrons. The van der Waals surface area contributed by atoms with Gasteiger partial charge in [0, 0.05) is 22.2 Å². The quantitative estimate of drug-likeness (QED) is 0.436. The molecule has 2 aromatic rings. The number of carbonyl (C=O) groups is 1. The first-order chi connectivity index (χ1) is 15.9. The van der Waals surface area contributed by atoms with Gasteiger partial charge in [-0.3, -0.25) is 9.79 Å². The fourth-order valence-electron chi connectivity index (χ4n) is 4.50. The first kappa shape index (κ1) is 23.7. The van der Waals surface area contributed by atoms with Gasteiger partial charge >= 0.3 is 0 Å². The van der Waals surface area contributed by atoms with Crippen molar-refractivity contribution < 1.29 is 14.3 Å². The zero-order valence-electron chi connectivity index (χ0n) is 18.3. The Morgan fingerprint density at radius 3 is 2.48 bits per heavy atom. The first-order valence-electron chi connectivity index (χ1n) is 10.5. The summed E-state index contributed by atoms with van der Waals surface area (Å²) in [6.07, 6.45) is 3.66. The van der Waals surface area contributed by atoms with Crippen LogP contribution < -0.4 is 14.8 Å². The lowest BCUT2D eigenvalue weighted by atomic mass is 9.78. The molecule has 2 aromatic carbocycles. The van der Waals surface area contributed by atoms with Gasteiger partial charge in [-0.25, -0.2) is 0 Å². The predicted molar refractivity (Wildman–Crippen MR) is 135 cm³/mol. The summed E-state index contributed by atoms with van der Waals surface area (Å²) in [5, 5.41) is 4.41. The van der Waals surface area contributed by atoms with Crippen molar-refractivity contribution >= 4 is 52.1 Å². The summed E-state index contributed by atoms with van der Waals surface area (Å²) in [6, 6.07) is 7.13. The fourth-order valence-corrected chi connectivity index (χ4v) is 5.48. The number of ether oxygens (including phenoxy) is 2. The predicted octanol–water partition coefficient (Wildman–Crippen LogP) is 6.86. The van der Waals surface area contributed by atoms with Crippen LogP contribution >= 0.6 is 34.8 Å². The number of hydrogen-bond donors (Lipinski definition) is 1. The molecule has 0 bridgehead atoms. The maximum atomic E-state index is 11.9. The van der Waals surface area contributed by atoms with E-state index in [-0.39, 0.29) is 11.8 Å². The minimum atomic E-state index is -0.300. The van der Waals surface area contributed by atoms with Crippen molar-refractivity contribution in [3.05, 3.63) is 74.3 Å². The monoisotopic (exact) mass is 504 g/mol. The van der Waals surface area contributed by atoms with Crippen molar-refractivity contribution in [3.8, 4) is 11.5 Å². The van der Waals surface area contributed by atoms with Crippen molar-refractivity contribution in [2.24, 2.45) is 4.99 Å². The molecule has 172 valence electrons. The second-order valence-corrected chi connectivity index (χ2v) is 9.09. The fraction of sp³-hybridized carbons (Fsp3) is 0.280. The molecule has 1 N–H and O–H groups in total. The summed E-state index contributed by atoms with van der Waals surface area (Å²) in [7, 11) is 3.15. The Morgan fingerprint density at radius 2 is 1.85 bits per heavy atom. The SMILES string of the molecule is C=CC(=O)Nc1cc(Cl)ccc1C1=NCC2=C1CCC(c1c(Cl)c(OC)cc(OC)c1Cl)C2. The minimum Gasteiger partial charge on any atom is -0.495 e. The topological polar surface area (TPSA) is 59.9 Å². The van der Waals surface area contributed by atoms with Crippen molar-refractivity contribution in [3.63, 3.8) is 0 Å². The zero-order valence-corrected chi connectivity index (χ0v) is 20.6. The molecule has 1 heterocycles. The maximum Gasteiger partial charge on any atom is 0.247 e. The van der Waals surface area contributed by atoms with Gasteiger partial charge in [0.15, 0.2) is 0 Å². The van der Waals surface area contributed by atoms with E-state index in [0.717, 1.165) is 36.1 Å². The molecule has 1 aliphatic heterocycles. The van der Waals surface area contributed by atoms with E-state index in [2.05, 4.69) is 11.9 Å². The molecule has 0 saturated carbocycles. The van der Waals surface area contributed by atoms with Crippen LogP contribution in [0.25, 0.3) is 0 Å². The van der Waals surface area contributed by atoms with Crippen LogP contribution in [0.3, 0.4) is 0 Å².